The number of halogens is 3. The normalized spacial score (nSPS) is 17.8. The van der Waals surface area contributed by atoms with Crippen LogP contribution in [0.25, 0.3) is 0 Å². The summed E-state index contributed by atoms with van der Waals surface area (Å²) >= 11 is 0. The van der Waals surface area contributed by atoms with E-state index in [-0.39, 0.29) is 13.1 Å². The summed E-state index contributed by atoms with van der Waals surface area (Å²) in [5.74, 6) is -2.86. The minimum atomic E-state index is -4.52. The summed E-state index contributed by atoms with van der Waals surface area (Å²) < 4.78 is 35.2. The summed E-state index contributed by atoms with van der Waals surface area (Å²) in [6.45, 7) is -0.242. The Morgan fingerprint density at radius 1 is 1.36 bits per heavy atom. The van der Waals surface area contributed by atoms with Crippen LogP contribution < -0.4 is 0 Å². The largest absolute Gasteiger partial charge is 0.481 e. The molecule has 0 aromatic rings. The molecule has 0 atom stereocenters. The van der Waals surface area contributed by atoms with Crippen molar-refractivity contribution >= 4 is 11.9 Å². The molecule has 0 spiro atoms. The molecular formula is C7H8F3NO3. The molecule has 1 fully saturated rings. The van der Waals surface area contributed by atoms with Crippen LogP contribution in [0.2, 0.25) is 0 Å². The molecule has 0 unspecified atom stereocenters. The molecule has 1 amide bonds. The molecule has 1 aliphatic heterocycles. The fourth-order valence-electron chi connectivity index (χ4n) is 1.12. The molecule has 1 rings (SSSR count). The molecule has 0 aromatic carbocycles. The van der Waals surface area contributed by atoms with E-state index in [0.717, 1.165) is 4.90 Å². The molecule has 1 aliphatic rings. The van der Waals surface area contributed by atoms with E-state index in [9.17, 15) is 22.8 Å². The summed E-state index contributed by atoms with van der Waals surface area (Å²) in [5, 5.41) is 8.41. The molecular weight excluding hydrogens is 203 g/mol. The molecule has 0 bridgehead atoms. The summed E-state index contributed by atoms with van der Waals surface area (Å²) in [7, 11) is 0. The first-order valence-electron chi connectivity index (χ1n) is 3.87. The summed E-state index contributed by atoms with van der Waals surface area (Å²) in [6, 6.07) is 0. The van der Waals surface area contributed by atoms with Gasteiger partial charge in [-0.2, -0.15) is 13.2 Å². The molecule has 4 nitrogen and oxygen atoms in total. The van der Waals surface area contributed by atoms with Crippen LogP contribution >= 0.6 is 0 Å². The van der Waals surface area contributed by atoms with Crippen LogP contribution in [0.15, 0.2) is 0 Å². The van der Waals surface area contributed by atoms with E-state index in [2.05, 4.69) is 0 Å². The van der Waals surface area contributed by atoms with Gasteiger partial charge in [-0.15, -0.1) is 0 Å². The van der Waals surface area contributed by atoms with Gasteiger partial charge in [-0.1, -0.05) is 0 Å². The minimum absolute atomic E-state index is 0.121. The lowest BCUT2D eigenvalue weighted by Gasteiger charge is -2.36. The summed E-state index contributed by atoms with van der Waals surface area (Å²) in [6.07, 6.45) is -6.04. The maximum Gasteiger partial charge on any atom is 0.397 e. The maximum absolute atomic E-state index is 11.7. The number of carbonyl (C=O) groups is 2. The van der Waals surface area contributed by atoms with Crippen molar-refractivity contribution in [2.75, 3.05) is 13.1 Å². The Labute approximate surface area is 77.3 Å². The number of rotatable bonds is 2. The van der Waals surface area contributed by atoms with Crippen LogP contribution in [0.4, 0.5) is 13.2 Å². The first kappa shape index (κ1) is 10.8. The zero-order chi connectivity index (χ0) is 10.9. The zero-order valence-corrected chi connectivity index (χ0v) is 7.04. The number of hydrogen-bond donors (Lipinski definition) is 1. The Bertz CT molecular complexity index is 257. The second-order valence-corrected chi connectivity index (χ2v) is 3.13. The summed E-state index contributed by atoms with van der Waals surface area (Å²) in [4.78, 5) is 22.0. The Balaban J connectivity index is 2.34. The van der Waals surface area contributed by atoms with Gasteiger partial charge in [0.1, 0.15) is 6.42 Å². The van der Waals surface area contributed by atoms with Crippen LogP contribution in [0.1, 0.15) is 6.42 Å². The predicted octanol–water partition coefficient (Wildman–Crippen LogP) is 0.482. The highest BCUT2D eigenvalue weighted by Crippen LogP contribution is 2.24. The average Bonchev–Trinajstić information content (AvgIpc) is 1.75. The van der Waals surface area contributed by atoms with Crippen molar-refractivity contribution < 1.29 is 27.9 Å². The van der Waals surface area contributed by atoms with Crippen molar-refractivity contribution in [1.82, 2.24) is 4.90 Å². The number of hydrogen-bond acceptors (Lipinski definition) is 2. The molecule has 0 radical (unpaired) electrons. The standard InChI is InChI=1S/C7H8F3NO3/c8-7(9,10)1-5(12)11-2-4(3-11)6(13)14/h4H,1-3H2,(H,13,14). The van der Waals surface area contributed by atoms with Gasteiger partial charge < -0.3 is 10.0 Å². The first-order chi connectivity index (χ1) is 6.29. The van der Waals surface area contributed by atoms with E-state index in [1.165, 1.54) is 0 Å². The number of likely N-dealkylation sites (tertiary alicyclic amines) is 1. The molecule has 1 N–H and O–H groups in total. The highest BCUT2D eigenvalue weighted by atomic mass is 19.4. The minimum Gasteiger partial charge on any atom is -0.481 e. The SMILES string of the molecule is O=C(O)C1CN(C(=O)CC(F)(F)F)C1. The average molecular weight is 211 g/mol. The molecule has 0 aliphatic carbocycles. The monoisotopic (exact) mass is 211 g/mol. The number of aliphatic carboxylic acids is 1. The smallest absolute Gasteiger partial charge is 0.397 e. The number of carboxylic acid groups (broad SMARTS) is 1. The Kier molecular flexibility index (Phi) is 2.68. The van der Waals surface area contributed by atoms with Gasteiger partial charge in [-0.05, 0) is 0 Å². The van der Waals surface area contributed by atoms with E-state index >= 15 is 0 Å². The highest BCUT2D eigenvalue weighted by Gasteiger charge is 2.40. The highest BCUT2D eigenvalue weighted by molar-refractivity contribution is 5.81. The quantitative estimate of drug-likeness (QED) is 0.722. The molecule has 1 heterocycles. The molecule has 7 heteroatoms. The Hall–Kier alpha value is -1.27. The fraction of sp³-hybridized carbons (Fsp3) is 0.714. The first-order valence-corrected chi connectivity index (χ1v) is 3.87. The van der Waals surface area contributed by atoms with E-state index in [1.54, 1.807) is 0 Å². The number of alkyl halides is 3. The predicted molar refractivity (Wildman–Crippen MR) is 38.4 cm³/mol. The Morgan fingerprint density at radius 2 is 1.86 bits per heavy atom. The maximum atomic E-state index is 11.7. The van der Waals surface area contributed by atoms with Crippen molar-refractivity contribution in [1.29, 1.82) is 0 Å². The van der Waals surface area contributed by atoms with Gasteiger partial charge in [0.25, 0.3) is 0 Å². The van der Waals surface area contributed by atoms with E-state index in [0.29, 0.717) is 0 Å². The van der Waals surface area contributed by atoms with Gasteiger partial charge in [-0.3, -0.25) is 9.59 Å². The van der Waals surface area contributed by atoms with E-state index in [1.807, 2.05) is 0 Å². The van der Waals surface area contributed by atoms with Crippen LogP contribution in [-0.2, 0) is 9.59 Å². The number of carboxylic acids is 1. The molecule has 1 saturated heterocycles. The van der Waals surface area contributed by atoms with Gasteiger partial charge in [-0.25, -0.2) is 0 Å². The third kappa shape index (κ3) is 2.61. The van der Waals surface area contributed by atoms with Crippen molar-refractivity contribution in [3.05, 3.63) is 0 Å². The van der Waals surface area contributed by atoms with Crippen LogP contribution in [0.5, 0.6) is 0 Å². The zero-order valence-electron chi connectivity index (χ0n) is 7.04. The number of amides is 1. The summed E-state index contributed by atoms with van der Waals surface area (Å²) in [5.41, 5.74) is 0. The second-order valence-electron chi connectivity index (χ2n) is 3.13. The van der Waals surface area contributed by atoms with Crippen molar-refractivity contribution in [3.8, 4) is 0 Å². The van der Waals surface area contributed by atoms with Gasteiger partial charge in [0.15, 0.2) is 0 Å². The molecule has 0 aromatic heterocycles. The lowest BCUT2D eigenvalue weighted by molar-refractivity contribution is -0.168. The number of nitrogens with zero attached hydrogens (tertiary/aromatic N) is 1. The Morgan fingerprint density at radius 3 is 2.21 bits per heavy atom. The fourth-order valence-corrected chi connectivity index (χ4v) is 1.12. The van der Waals surface area contributed by atoms with E-state index in [4.69, 9.17) is 5.11 Å². The topological polar surface area (TPSA) is 57.6 Å². The van der Waals surface area contributed by atoms with Gasteiger partial charge in [0.2, 0.25) is 5.91 Å². The molecule has 80 valence electrons. The van der Waals surface area contributed by atoms with Gasteiger partial charge in [0, 0.05) is 13.1 Å². The third-order valence-electron chi connectivity index (χ3n) is 1.94. The van der Waals surface area contributed by atoms with Gasteiger partial charge in [0.05, 0.1) is 5.92 Å². The van der Waals surface area contributed by atoms with E-state index < -0.39 is 30.4 Å². The van der Waals surface area contributed by atoms with Crippen LogP contribution in [0.3, 0.4) is 0 Å². The van der Waals surface area contributed by atoms with Crippen molar-refractivity contribution in [2.24, 2.45) is 5.92 Å². The van der Waals surface area contributed by atoms with Crippen molar-refractivity contribution in [2.45, 2.75) is 12.6 Å². The lowest BCUT2D eigenvalue weighted by Crippen LogP contribution is -2.53. The molecule has 14 heavy (non-hydrogen) atoms. The van der Waals surface area contributed by atoms with Crippen LogP contribution in [-0.4, -0.2) is 41.1 Å². The number of carbonyl (C=O) groups excluding carboxylic acids is 1. The second kappa shape index (κ2) is 3.47. The molecule has 0 saturated carbocycles. The lowest BCUT2D eigenvalue weighted by atomic mass is 10.0. The third-order valence-corrected chi connectivity index (χ3v) is 1.94. The van der Waals surface area contributed by atoms with Gasteiger partial charge >= 0.3 is 12.1 Å². The van der Waals surface area contributed by atoms with Crippen molar-refractivity contribution in [3.63, 3.8) is 0 Å². The van der Waals surface area contributed by atoms with Crippen LogP contribution in [0, 0.1) is 5.92 Å².